The summed E-state index contributed by atoms with van der Waals surface area (Å²) in [5, 5.41) is 3.00. The molecule has 0 spiro atoms. The van der Waals surface area contributed by atoms with Crippen LogP contribution in [0.15, 0.2) is 34.2 Å². The maximum atomic E-state index is 11.4. The van der Waals surface area contributed by atoms with E-state index in [1.165, 1.54) is 12.5 Å². The number of carbonyl (C=O) groups excluding carboxylic acids is 1. The molecule has 3 nitrogen and oxygen atoms in total. The number of amides is 1. The minimum absolute atomic E-state index is 0.213. The molecule has 1 amide bonds. The summed E-state index contributed by atoms with van der Waals surface area (Å²) < 4.78 is 5.64. The second kappa shape index (κ2) is 5.44. The maximum absolute atomic E-state index is 11.4. The van der Waals surface area contributed by atoms with E-state index in [1.807, 2.05) is 12.1 Å². The predicted octanol–water partition coefficient (Wildman–Crippen LogP) is 3.28. The van der Waals surface area contributed by atoms with E-state index < -0.39 is 0 Å². The lowest BCUT2D eigenvalue weighted by Gasteiger charge is -1.97. The summed E-state index contributed by atoms with van der Waals surface area (Å²) in [7, 11) is 0. The fourth-order valence-corrected chi connectivity index (χ4v) is 1.84. The minimum Gasteiger partial charge on any atom is -0.461 e. The Morgan fingerprint density at radius 1 is 1.67 bits per heavy atom. The Morgan fingerprint density at radius 2 is 2.39 bits per heavy atom. The molecular formula is C14H16ClNO2. The highest BCUT2D eigenvalue weighted by Gasteiger charge is 2.36. The monoisotopic (exact) mass is 265 g/mol. The summed E-state index contributed by atoms with van der Waals surface area (Å²) in [5.74, 6) is 2.77. The van der Waals surface area contributed by atoms with Crippen molar-refractivity contribution in [2.24, 2.45) is 5.92 Å². The van der Waals surface area contributed by atoms with Crippen LogP contribution in [0.3, 0.4) is 0 Å². The molecule has 1 aromatic heterocycles. The molecule has 96 valence electrons. The molecule has 1 saturated carbocycles. The molecule has 4 heteroatoms. The van der Waals surface area contributed by atoms with Gasteiger partial charge in [0.25, 0.3) is 0 Å². The van der Waals surface area contributed by atoms with E-state index in [2.05, 4.69) is 18.8 Å². The standard InChI is InChI=1S/C14H16ClNO2/c1-9-7-12(9)13-5-3-11(18-13)4-6-14(17)16-8-10(2)15/h3-6,9,12H,2,7-8H2,1H3,(H,16,17)/b6-4+. The van der Waals surface area contributed by atoms with Crippen molar-refractivity contribution in [1.29, 1.82) is 0 Å². The Bertz CT molecular complexity index is 490. The first-order valence-corrected chi connectivity index (χ1v) is 6.33. The molecule has 2 rings (SSSR count). The number of hydrogen-bond donors (Lipinski definition) is 1. The summed E-state index contributed by atoms with van der Waals surface area (Å²) in [6.07, 6.45) is 4.27. The van der Waals surface area contributed by atoms with E-state index in [1.54, 1.807) is 6.08 Å². The average molecular weight is 266 g/mol. The van der Waals surface area contributed by atoms with Gasteiger partial charge in [-0.2, -0.15) is 0 Å². The molecule has 1 aliphatic rings. The van der Waals surface area contributed by atoms with Crippen molar-refractivity contribution in [1.82, 2.24) is 5.32 Å². The smallest absolute Gasteiger partial charge is 0.244 e. The SMILES string of the molecule is C=C(Cl)CNC(=O)/C=C/c1ccc(C2CC2C)o1. The highest BCUT2D eigenvalue weighted by Crippen LogP contribution is 2.47. The third-order valence-electron chi connectivity index (χ3n) is 2.98. The van der Waals surface area contributed by atoms with Gasteiger partial charge < -0.3 is 9.73 Å². The first-order valence-electron chi connectivity index (χ1n) is 5.95. The normalized spacial score (nSPS) is 22.1. The molecule has 0 aromatic carbocycles. The van der Waals surface area contributed by atoms with Gasteiger partial charge in [0.15, 0.2) is 0 Å². The van der Waals surface area contributed by atoms with E-state index in [9.17, 15) is 4.79 Å². The van der Waals surface area contributed by atoms with Crippen LogP contribution in [0, 0.1) is 5.92 Å². The van der Waals surface area contributed by atoms with Crippen molar-refractivity contribution < 1.29 is 9.21 Å². The van der Waals surface area contributed by atoms with Gasteiger partial charge in [0.2, 0.25) is 5.91 Å². The number of furan rings is 1. The topological polar surface area (TPSA) is 42.2 Å². The van der Waals surface area contributed by atoms with Gasteiger partial charge in [-0.15, -0.1) is 0 Å². The lowest BCUT2D eigenvalue weighted by atomic mass is 10.3. The third kappa shape index (κ3) is 3.50. The number of hydrogen-bond acceptors (Lipinski definition) is 2. The van der Waals surface area contributed by atoms with Crippen LogP contribution < -0.4 is 5.32 Å². The molecule has 0 aliphatic heterocycles. The molecule has 0 saturated heterocycles. The number of halogens is 1. The van der Waals surface area contributed by atoms with Crippen molar-refractivity contribution in [2.75, 3.05) is 6.54 Å². The summed E-state index contributed by atoms with van der Waals surface area (Å²) in [6, 6.07) is 3.86. The second-order valence-corrected chi connectivity index (χ2v) is 5.16. The minimum atomic E-state index is -0.213. The van der Waals surface area contributed by atoms with Crippen LogP contribution in [0.1, 0.15) is 30.8 Å². The maximum Gasteiger partial charge on any atom is 0.244 e. The van der Waals surface area contributed by atoms with Crippen LogP contribution >= 0.6 is 11.6 Å². The highest BCUT2D eigenvalue weighted by molar-refractivity contribution is 6.29. The second-order valence-electron chi connectivity index (χ2n) is 4.63. The van der Waals surface area contributed by atoms with Gasteiger partial charge in [-0.1, -0.05) is 25.1 Å². The zero-order chi connectivity index (χ0) is 13.1. The van der Waals surface area contributed by atoms with E-state index in [0.717, 1.165) is 5.76 Å². The van der Waals surface area contributed by atoms with Crippen molar-refractivity contribution in [2.45, 2.75) is 19.3 Å². The van der Waals surface area contributed by atoms with Gasteiger partial charge in [-0.3, -0.25) is 4.79 Å². The molecule has 2 atom stereocenters. The molecule has 1 fully saturated rings. The van der Waals surface area contributed by atoms with E-state index in [-0.39, 0.29) is 12.5 Å². The van der Waals surface area contributed by atoms with Crippen molar-refractivity contribution in [3.63, 3.8) is 0 Å². The van der Waals surface area contributed by atoms with E-state index in [0.29, 0.717) is 22.6 Å². The summed E-state index contributed by atoms with van der Waals surface area (Å²) in [4.78, 5) is 11.4. The van der Waals surface area contributed by atoms with Crippen LogP contribution in [0.5, 0.6) is 0 Å². The van der Waals surface area contributed by atoms with Crippen LogP contribution in [0.4, 0.5) is 0 Å². The highest BCUT2D eigenvalue weighted by atomic mass is 35.5. The third-order valence-corrected chi connectivity index (χ3v) is 3.11. The summed E-state index contributed by atoms with van der Waals surface area (Å²) in [6.45, 7) is 5.97. The fourth-order valence-electron chi connectivity index (χ4n) is 1.78. The summed E-state index contributed by atoms with van der Waals surface area (Å²) in [5.41, 5.74) is 0. The zero-order valence-corrected chi connectivity index (χ0v) is 11.0. The largest absolute Gasteiger partial charge is 0.461 e. The lowest BCUT2D eigenvalue weighted by Crippen LogP contribution is -2.21. The molecule has 0 radical (unpaired) electrons. The van der Waals surface area contributed by atoms with Gasteiger partial charge in [0.1, 0.15) is 11.5 Å². The molecular weight excluding hydrogens is 250 g/mol. The van der Waals surface area contributed by atoms with Gasteiger partial charge in [-0.05, 0) is 30.5 Å². The van der Waals surface area contributed by atoms with E-state index >= 15 is 0 Å². The van der Waals surface area contributed by atoms with Crippen LogP contribution in [0.2, 0.25) is 0 Å². The van der Waals surface area contributed by atoms with Gasteiger partial charge in [-0.25, -0.2) is 0 Å². The Labute approximate surface area is 112 Å². The fraction of sp³-hybridized carbons (Fsp3) is 0.357. The Morgan fingerprint density at radius 3 is 3.00 bits per heavy atom. The van der Waals surface area contributed by atoms with Crippen molar-refractivity contribution in [3.05, 3.63) is 41.3 Å². The van der Waals surface area contributed by atoms with Crippen molar-refractivity contribution in [3.8, 4) is 0 Å². The molecule has 1 N–H and O–H groups in total. The quantitative estimate of drug-likeness (QED) is 0.830. The van der Waals surface area contributed by atoms with Crippen molar-refractivity contribution >= 4 is 23.6 Å². The molecule has 1 aromatic rings. The molecule has 18 heavy (non-hydrogen) atoms. The lowest BCUT2D eigenvalue weighted by molar-refractivity contribution is -0.116. The van der Waals surface area contributed by atoms with Gasteiger partial charge in [0, 0.05) is 17.0 Å². The van der Waals surface area contributed by atoms with Crippen LogP contribution in [-0.4, -0.2) is 12.5 Å². The molecule has 0 bridgehead atoms. The Hall–Kier alpha value is -1.48. The average Bonchev–Trinajstić information content (AvgIpc) is 2.88. The van der Waals surface area contributed by atoms with Gasteiger partial charge in [0.05, 0.1) is 6.54 Å². The number of rotatable bonds is 5. The first-order chi connectivity index (χ1) is 8.56. The molecule has 2 unspecified atom stereocenters. The molecule has 1 heterocycles. The first kappa shape index (κ1) is 13.0. The summed E-state index contributed by atoms with van der Waals surface area (Å²) >= 11 is 5.55. The van der Waals surface area contributed by atoms with Gasteiger partial charge >= 0.3 is 0 Å². The zero-order valence-electron chi connectivity index (χ0n) is 10.3. The Balaban J connectivity index is 1.86. The van der Waals surface area contributed by atoms with Crippen LogP contribution in [0.25, 0.3) is 6.08 Å². The predicted molar refractivity (Wildman–Crippen MR) is 72.3 cm³/mol. The number of nitrogens with one attached hydrogen (secondary N) is 1. The Kier molecular flexibility index (Phi) is 3.92. The molecule has 1 aliphatic carbocycles. The van der Waals surface area contributed by atoms with E-state index in [4.69, 9.17) is 16.0 Å². The van der Waals surface area contributed by atoms with Crippen LogP contribution in [-0.2, 0) is 4.79 Å². The number of carbonyl (C=O) groups is 1.